The largest absolute Gasteiger partial charge is 0.421 e. The van der Waals surface area contributed by atoms with Gasteiger partial charge in [0.2, 0.25) is 12.2 Å². The van der Waals surface area contributed by atoms with E-state index in [4.69, 9.17) is 4.42 Å². The average molecular weight is 179 g/mol. The Morgan fingerprint density at radius 2 is 2.31 bits per heavy atom. The van der Waals surface area contributed by atoms with E-state index in [-0.39, 0.29) is 0 Å². The summed E-state index contributed by atoms with van der Waals surface area (Å²) < 4.78 is 4.95. The molecule has 0 aliphatic rings. The molecule has 0 amide bonds. The standard InChI is InChI=1S/C7H9N5O/c1-4(2)5-9-6(11-10-5)7-12-8-3-13-7/h3-4H,1-2H3,(H,9,10,11). The lowest BCUT2D eigenvalue weighted by Gasteiger charge is -1.94. The highest BCUT2D eigenvalue weighted by molar-refractivity contribution is 5.37. The number of H-pyrrole nitrogens is 1. The second kappa shape index (κ2) is 2.96. The van der Waals surface area contributed by atoms with Gasteiger partial charge in [-0.05, 0) is 0 Å². The van der Waals surface area contributed by atoms with Gasteiger partial charge in [-0.2, -0.15) is 0 Å². The Morgan fingerprint density at radius 1 is 1.46 bits per heavy atom. The summed E-state index contributed by atoms with van der Waals surface area (Å²) in [5.41, 5.74) is 0. The molecule has 68 valence electrons. The van der Waals surface area contributed by atoms with Gasteiger partial charge in [-0.15, -0.1) is 15.3 Å². The van der Waals surface area contributed by atoms with E-state index in [1.165, 1.54) is 6.39 Å². The highest BCUT2D eigenvalue weighted by Crippen LogP contribution is 2.13. The molecule has 0 aromatic carbocycles. The van der Waals surface area contributed by atoms with Crippen molar-refractivity contribution in [3.05, 3.63) is 12.2 Å². The molecule has 2 aromatic rings. The van der Waals surface area contributed by atoms with Crippen molar-refractivity contribution in [3.8, 4) is 11.7 Å². The summed E-state index contributed by atoms with van der Waals surface area (Å²) in [5, 5.41) is 14.0. The Balaban J connectivity index is 2.33. The van der Waals surface area contributed by atoms with Gasteiger partial charge >= 0.3 is 0 Å². The minimum atomic E-state index is 0.309. The van der Waals surface area contributed by atoms with Crippen LogP contribution in [0.4, 0.5) is 0 Å². The van der Waals surface area contributed by atoms with Crippen molar-refractivity contribution < 1.29 is 4.42 Å². The van der Waals surface area contributed by atoms with Gasteiger partial charge in [-0.1, -0.05) is 13.8 Å². The molecule has 0 unspecified atom stereocenters. The summed E-state index contributed by atoms with van der Waals surface area (Å²) in [4.78, 5) is 4.19. The van der Waals surface area contributed by atoms with E-state index in [1.54, 1.807) is 0 Å². The lowest BCUT2D eigenvalue weighted by molar-refractivity contribution is 0.564. The molecule has 2 rings (SSSR count). The van der Waals surface area contributed by atoms with Gasteiger partial charge in [-0.25, -0.2) is 4.98 Å². The molecule has 0 aliphatic carbocycles. The maximum absolute atomic E-state index is 4.95. The summed E-state index contributed by atoms with van der Waals surface area (Å²) in [6, 6.07) is 0. The maximum Gasteiger partial charge on any atom is 0.287 e. The molecule has 0 saturated heterocycles. The molecule has 0 radical (unpaired) electrons. The van der Waals surface area contributed by atoms with E-state index in [0.717, 1.165) is 5.82 Å². The Morgan fingerprint density at radius 3 is 2.85 bits per heavy atom. The average Bonchev–Trinajstić information content (AvgIpc) is 2.75. The summed E-state index contributed by atoms with van der Waals surface area (Å²) in [6.07, 6.45) is 1.25. The van der Waals surface area contributed by atoms with Crippen LogP contribution in [-0.2, 0) is 0 Å². The molecular formula is C7H9N5O. The fraction of sp³-hybridized carbons (Fsp3) is 0.429. The first-order valence-corrected chi connectivity index (χ1v) is 3.96. The van der Waals surface area contributed by atoms with Crippen LogP contribution in [0.25, 0.3) is 11.7 Å². The Kier molecular flexibility index (Phi) is 1.80. The molecule has 2 heterocycles. The summed E-state index contributed by atoms with van der Waals surface area (Å²) >= 11 is 0. The normalized spacial score (nSPS) is 11.0. The molecule has 0 spiro atoms. The van der Waals surface area contributed by atoms with E-state index in [2.05, 4.69) is 25.4 Å². The molecule has 6 nitrogen and oxygen atoms in total. The zero-order valence-corrected chi connectivity index (χ0v) is 7.35. The van der Waals surface area contributed by atoms with Crippen LogP contribution in [0.15, 0.2) is 10.8 Å². The molecule has 0 aliphatic heterocycles. The highest BCUT2D eigenvalue weighted by atomic mass is 16.4. The Labute approximate surface area is 74.4 Å². The number of nitrogens with one attached hydrogen (secondary N) is 1. The van der Waals surface area contributed by atoms with Crippen molar-refractivity contribution in [2.24, 2.45) is 0 Å². The van der Waals surface area contributed by atoms with Crippen molar-refractivity contribution in [1.82, 2.24) is 25.4 Å². The van der Waals surface area contributed by atoms with Crippen molar-refractivity contribution in [3.63, 3.8) is 0 Å². The molecule has 0 saturated carbocycles. The predicted molar refractivity (Wildman–Crippen MR) is 43.8 cm³/mol. The molecule has 13 heavy (non-hydrogen) atoms. The highest BCUT2D eigenvalue weighted by Gasteiger charge is 2.11. The first-order chi connectivity index (χ1) is 6.27. The second-order valence-electron chi connectivity index (χ2n) is 2.94. The van der Waals surface area contributed by atoms with Crippen molar-refractivity contribution in [1.29, 1.82) is 0 Å². The van der Waals surface area contributed by atoms with Gasteiger partial charge < -0.3 is 4.42 Å². The Bertz CT molecular complexity index is 377. The number of aromatic nitrogens is 5. The molecule has 0 bridgehead atoms. The maximum atomic E-state index is 4.95. The van der Waals surface area contributed by atoms with Crippen LogP contribution in [0.3, 0.4) is 0 Å². The van der Waals surface area contributed by atoms with Gasteiger partial charge in [0.05, 0.1) is 0 Å². The number of rotatable bonds is 2. The number of aromatic amines is 1. The molecule has 0 fully saturated rings. The van der Waals surface area contributed by atoms with Crippen molar-refractivity contribution in [2.45, 2.75) is 19.8 Å². The van der Waals surface area contributed by atoms with Crippen LogP contribution >= 0.6 is 0 Å². The van der Waals surface area contributed by atoms with Crippen LogP contribution in [-0.4, -0.2) is 25.4 Å². The third kappa shape index (κ3) is 1.42. The summed E-state index contributed by atoms with van der Waals surface area (Å²) in [7, 11) is 0. The smallest absolute Gasteiger partial charge is 0.287 e. The topological polar surface area (TPSA) is 80.5 Å². The van der Waals surface area contributed by atoms with Crippen LogP contribution < -0.4 is 0 Å². The van der Waals surface area contributed by atoms with Crippen molar-refractivity contribution in [2.75, 3.05) is 0 Å². The number of hydrogen-bond donors (Lipinski definition) is 1. The minimum absolute atomic E-state index is 0.309. The van der Waals surface area contributed by atoms with Crippen molar-refractivity contribution >= 4 is 0 Å². The molecule has 0 atom stereocenters. The third-order valence-electron chi connectivity index (χ3n) is 1.60. The molecular weight excluding hydrogens is 170 g/mol. The number of nitrogens with zero attached hydrogens (tertiary/aromatic N) is 4. The van der Waals surface area contributed by atoms with E-state index in [9.17, 15) is 0 Å². The van der Waals surface area contributed by atoms with Crippen LogP contribution in [0.2, 0.25) is 0 Å². The van der Waals surface area contributed by atoms with E-state index in [0.29, 0.717) is 17.6 Å². The van der Waals surface area contributed by atoms with Gasteiger partial charge in [0.25, 0.3) is 5.89 Å². The fourth-order valence-corrected chi connectivity index (χ4v) is 0.899. The van der Waals surface area contributed by atoms with Gasteiger partial charge in [0, 0.05) is 5.92 Å². The zero-order chi connectivity index (χ0) is 9.26. The van der Waals surface area contributed by atoms with E-state index in [1.807, 2.05) is 13.8 Å². The van der Waals surface area contributed by atoms with E-state index >= 15 is 0 Å². The lowest BCUT2D eigenvalue weighted by atomic mass is 10.2. The molecule has 2 aromatic heterocycles. The number of hydrogen-bond acceptors (Lipinski definition) is 5. The summed E-state index contributed by atoms with van der Waals surface area (Å²) in [5.74, 6) is 1.90. The first-order valence-electron chi connectivity index (χ1n) is 3.96. The second-order valence-corrected chi connectivity index (χ2v) is 2.94. The Hall–Kier alpha value is -1.72. The quantitative estimate of drug-likeness (QED) is 0.743. The fourth-order valence-electron chi connectivity index (χ4n) is 0.899. The zero-order valence-electron chi connectivity index (χ0n) is 7.35. The van der Waals surface area contributed by atoms with Crippen LogP contribution in [0.5, 0.6) is 0 Å². The SMILES string of the molecule is CC(C)c1nc(-c2nnco2)n[nH]1. The van der Waals surface area contributed by atoms with Gasteiger partial charge in [-0.3, -0.25) is 5.10 Å². The minimum Gasteiger partial charge on any atom is -0.421 e. The first kappa shape index (κ1) is 7.90. The molecule has 1 N–H and O–H groups in total. The monoisotopic (exact) mass is 179 g/mol. The lowest BCUT2D eigenvalue weighted by Crippen LogP contribution is -1.89. The predicted octanol–water partition coefficient (Wildman–Crippen LogP) is 0.978. The van der Waals surface area contributed by atoms with E-state index < -0.39 is 0 Å². The van der Waals surface area contributed by atoms with Crippen LogP contribution in [0, 0.1) is 0 Å². The van der Waals surface area contributed by atoms with Gasteiger partial charge in [0.15, 0.2) is 0 Å². The summed E-state index contributed by atoms with van der Waals surface area (Å²) in [6.45, 7) is 4.05. The van der Waals surface area contributed by atoms with Crippen LogP contribution in [0.1, 0.15) is 25.6 Å². The molecule has 6 heteroatoms. The van der Waals surface area contributed by atoms with Gasteiger partial charge in [0.1, 0.15) is 5.82 Å². The third-order valence-corrected chi connectivity index (χ3v) is 1.60.